The van der Waals surface area contributed by atoms with Gasteiger partial charge in [0.2, 0.25) is 0 Å². The summed E-state index contributed by atoms with van der Waals surface area (Å²) in [5.74, 6) is -0.216. The number of anilines is 1. The molecule has 0 fully saturated rings. The summed E-state index contributed by atoms with van der Waals surface area (Å²) < 4.78 is 5.25. The molecule has 0 radical (unpaired) electrons. The smallest absolute Gasteiger partial charge is 0.328 e. The molecule has 0 saturated heterocycles. The number of nitrogens with one attached hydrogen (secondary N) is 1. The van der Waals surface area contributed by atoms with E-state index in [2.05, 4.69) is 24.4 Å². The number of esters is 1. The molecule has 0 amide bonds. The zero-order chi connectivity index (χ0) is 15.3. The van der Waals surface area contributed by atoms with Gasteiger partial charge in [0.15, 0.2) is 0 Å². The second-order valence-corrected chi connectivity index (χ2v) is 5.61. The molecule has 0 aliphatic rings. The molecule has 0 aromatic heterocycles. The van der Waals surface area contributed by atoms with Gasteiger partial charge in [-0.05, 0) is 52.9 Å². The number of rotatable bonds is 6. The minimum atomic E-state index is -0.350. The monoisotopic (exact) mass is 278 g/mol. The number of likely N-dealkylation sites (N-methyl/N-ethyl adjacent to an activating group) is 1. The molecule has 0 unspecified atom stereocenters. The van der Waals surface area contributed by atoms with Gasteiger partial charge < -0.3 is 15.0 Å². The molecule has 1 aromatic carbocycles. The average Bonchev–Trinajstić information content (AvgIpc) is 2.32. The van der Waals surface area contributed by atoms with E-state index in [1.54, 1.807) is 0 Å². The number of hydrogen-bond acceptors (Lipinski definition) is 4. The average molecular weight is 278 g/mol. The Morgan fingerprint density at radius 1 is 1.25 bits per heavy atom. The summed E-state index contributed by atoms with van der Waals surface area (Å²) in [7, 11) is 3.91. The Bertz CT molecular complexity index is 447. The lowest BCUT2D eigenvalue weighted by Crippen LogP contribution is -2.31. The SMILES string of the molecule is Cc1cc(C)c(N[C@@H](C)C(=O)OCCN(C)C)c(C)c1. The molecule has 112 valence electrons. The zero-order valence-electron chi connectivity index (χ0n) is 13.4. The first-order valence-electron chi connectivity index (χ1n) is 6.97. The van der Waals surface area contributed by atoms with Crippen LogP contribution in [0.1, 0.15) is 23.6 Å². The molecule has 4 nitrogen and oxygen atoms in total. The molecular weight excluding hydrogens is 252 g/mol. The topological polar surface area (TPSA) is 41.6 Å². The predicted molar refractivity (Wildman–Crippen MR) is 83.3 cm³/mol. The summed E-state index contributed by atoms with van der Waals surface area (Å²) in [5.41, 5.74) is 4.55. The van der Waals surface area contributed by atoms with E-state index in [1.165, 1.54) is 5.56 Å². The van der Waals surface area contributed by atoms with E-state index in [4.69, 9.17) is 4.74 Å². The van der Waals surface area contributed by atoms with Crippen LogP contribution in [0.15, 0.2) is 12.1 Å². The van der Waals surface area contributed by atoms with Crippen LogP contribution < -0.4 is 5.32 Å². The number of hydrogen-bond donors (Lipinski definition) is 1. The number of benzene rings is 1. The van der Waals surface area contributed by atoms with E-state index >= 15 is 0 Å². The number of aryl methyl sites for hydroxylation is 3. The van der Waals surface area contributed by atoms with E-state index in [-0.39, 0.29) is 12.0 Å². The quantitative estimate of drug-likeness (QED) is 0.812. The summed E-state index contributed by atoms with van der Waals surface area (Å²) in [6, 6.07) is 3.87. The van der Waals surface area contributed by atoms with Crippen LogP contribution in [0.3, 0.4) is 0 Å². The fourth-order valence-corrected chi connectivity index (χ4v) is 2.14. The molecule has 1 atom stereocenters. The van der Waals surface area contributed by atoms with Crippen LogP contribution in [0.4, 0.5) is 5.69 Å². The third kappa shape index (κ3) is 4.85. The van der Waals surface area contributed by atoms with E-state index in [1.807, 2.05) is 39.8 Å². The zero-order valence-corrected chi connectivity index (χ0v) is 13.4. The maximum Gasteiger partial charge on any atom is 0.328 e. The fourth-order valence-electron chi connectivity index (χ4n) is 2.14. The van der Waals surface area contributed by atoms with E-state index in [0.717, 1.165) is 23.4 Å². The third-order valence-corrected chi connectivity index (χ3v) is 3.17. The molecule has 20 heavy (non-hydrogen) atoms. The molecule has 0 heterocycles. The first kappa shape index (κ1) is 16.5. The van der Waals surface area contributed by atoms with Gasteiger partial charge in [0.25, 0.3) is 0 Å². The maximum absolute atomic E-state index is 11.9. The third-order valence-electron chi connectivity index (χ3n) is 3.17. The Balaban J connectivity index is 2.62. The first-order valence-corrected chi connectivity index (χ1v) is 6.97. The number of carbonyl (C=O) groups excluding carboxylic acids is 1. The summed E-state index contributed by atoms with van der Waals surface area (Å²) in [6.07, 6.45) is 0. The van der Waals surface area contributed by atoms with Gasteiger partial charge in [-0.15, -0.1) is 0 Å². The lowest BCUT2D eigenvalue weighted by atomic mass is 10.0. The van der Waals surface area contributed by atoms with Crippen LogP contribution in [0.25, 0.3) is 0 Å². The van der Waals surface area contributed by atoms with Crippen molar-refractivity contribution < 1.29 is 9.53 Å². The molecule has 0 saturated carbocycles. The van der Waals surface area contributed by atoms with Gasteiger partial charge in [0.1, 0.15) is 12.6 Å². The summed E-state index contributed by atoms with van der Waals surface area (Å²) >= 11 is 0. The lowest BCUT2D eigenvalue weighted by Gasteiger charge is -2.19. The molecule has 1 N–H and O–H groups in total. The Kier molecular flexibility index (Phi) is 6.02. The lowest BCUT2D eigenvalue weighted by molar-refractivity contribution is -0.144. The van der Waals surface area contributed by atoms with Crippen molar-refractivity contribution >= 4 is 11.7 Å². The molecule has 0 spiro atoms. The van der Waals surface area contributed by atoms with E-state index in [9.17, 15) is 4.79 Å². The van der Waals surface area contributed by atoms with Gasteiger partial charge in [-0.3, -0.25) is 0 Å². The highest BCUT2D eigenvalue weighted by Crippen LogP contribution is 2.22. The van der Waals surface area contributed by atoms with Gasteiger partial charge in [0, 0.05) is 12.2 Å². The molecule has 1 aromatic rings. The second-order valence-electron chi connectivity index (χ2n) is 5.61. The van der Waals surface area contributed by atoms with Crippen LogP contribution >= 0.6 is 0 Å². The Hall–Kier alpha value is -1.55. The molecule has 0 aliphatic heterocycles. The van der Waals surface area contributed by atoms with Crippen molar-refractivity contribution in [3.63, 3.8) is 0 Å². The summed E-state index contributed by atoms with van der Waals surface area (Å²) in [6.45, 7) is 9.16. The van der Waals surface area contributed by atoms with Gasteiger partial charge in [-0.1, -0.05) is 17.7 Å². The minimum absolute atomic E-state index is 0.216. The van der Waals surface area contributed by atoms with Crippen molar-refractivity contribution in [3.8, 4) is 0 Å². The molecule has 0 bridgehead atoms. The summed E-state index contributed by atoms with van der Waals surface area (Å²) in [4.78, 5) is 13.9. The molecule has 4 heteroatoms. The highest BCUT2D eigenvalue weighted by atomic mass is 16.5. The van der Waals surface area contributed by atoms with Crippen LogP contribution in [0.2, 0.25) is 0 Å². The highest BCUT2D eigenvalue weighted by molar-refractivity contribution is 5.79. The highest BCUT2D eigenvalue weighted by Gasteiger charge is 2.16. The fraction of sp³-hybridized carbons (Fsp3) is 0.562. The summed E-state index contributed by atoms with van der Waals surface area (Å²) in [5, 5.41) is 3.26. The number of ether oxygens (including phenoxy) is 1. The largest absolute Gasteiger partial charge is 0.463 e. The van der Waals surface area contributed by atoms with Gasteiger partial charge in [-0.25, -0.2) is 4.79 Å². The minimum Gasteiger partial charge on any atom is -0.463 e. The number of nitrogens with zero attached hydrogens (tertiary/aromatic N) is 1. The molecular formula is C16H26N2O2. The predicted octanol–water partition coefficient (Wildman–Crippen LogP) is 2.52. The van der Waals surface area contributed by atoms with Crippen molar-refractivity contribution in [3.05, 3.63) is 28.8 Å². The number of carbonyl (C=O) groups is 1. The normalized spacial score (nSPS) is 12.3. The Labute approximate surface area is 122 Å². The van der Waals surface area contributed by atoms with Crippen molar-refractivity contribution in [1.29, 1.82) is 0 Å². The standard InChI is InChI=1S/C16H26N2O2/c1-11-9-12(2)15(13(3)10-11)17-14(4)16(19)20-8-7-18(5)6/h9-10,14,17H,7-8H2,1-6H3/t14-/m0/s1. The second kappa shape index (κ2) is 7.29. The van der Waals surface area contributed by atoms with Crippen molar-refractivity contribution in [2.75, 3.05) is 32.6 Å². The Morgan fingerprint density at radius 3 is 2.30 bits per heavy atom. The van der Waals surface area contributed by atoms with Crippen LogP contribution in [-0.2, 0) is 9.53 Å². The van der Waals surface area contributed by atoms with Crippen molar-refractivity contribution in [1.82, 2.24) is 4.90 Å². The van der Waals surface area contributed by atoms with E-state index < -0.39 is 0 Å². The molecule has 1 rings (SSSR count). The van der Waals surface area contributed by atoms with Gasteiger partial charge >= 0.3 is 5.97 Å². The van der Waals surface area contributed by atoms with E-state index in [0.29, 0.717) is 6.61 Å². The van der Waals surface area contributed by atoms with Crippen LogP contribution in [0.5, 0.6) is 0 Å². The van der Waals surface area contributed by atoms with Crippen LogP contribution in [-0.4, -0.2) is 44.2 Å². The molecule has 0 aliphatic carbocycles. The first-order chi connectivity index (χ1) is 9.31. The van der Waals surface area contributed by atoms with Gasteiger partial charge in [0.05, 0.1) is 0 Å². The maximum atomic E-state index is 11.9. The van der Waals surface area contributed by atoms with Gasteiger partial charge in [-0.2, -0.15) is 0 Å². The van der Waals surface area contributed by atoms with Crippen molar-refractivity contribution in [2.24, 2.45) is 0 Å². The van der Waals surface area contributed by atoms with Crippen molar-refractivity contribution in [2.45, 2.75) is 33.7 Å². The Morgan fingerprint density at radius 2 is 1.80 bits per heavy atom. The van der Waals surface area contributed by atoms with Crippen LogP contribution in [0, 0.1) is 20.8 Å².